The van der Waals surface area contributed by atoms with Crippen molar-refractivity contribution >= 4 is 43.0 Å². The summed E-state index contributed by atoms with van der Waals surface area (Å²) in [6, 6.07) is 15.4. The van der Waals surface area contributed by atoms with E-state index >= 15 is 0 Å². The van der Waals surface area contributed by atoms with Crippen LogP contribution >= 0.6 is 11.3 Å². The largest absolute Gasteiger partial charge is 0.326 e. The van der Waals surface area contributed by atoms with Gasteiger partial charge in [-0.25, -0.2) is 13.4 Å². The Labute approximate surface area is 172 Å². The van der Waals surface area contributed by atoms with E-state index in [2.05, 4.69) is 15.3 Å². The molecule has 4 rings (SSSR count). The van der Waals surface area contributed by atoms with Gasteiger partial charge >= 0.3 is 0 Å². The Morgan fingerprint density at radius 3 is 2.62 bits per heavy atom. The second kappa shape index (κ2) is 7.73. The van der Waals surface area contributed by atoms with Gasteiger partial charge in [0.05, 0.1) is 20.9 Å². The molecule has 2 aromatic carbocycles. The molecule has 0 radical (unpaired) electrons. The number of carbonyl (C=O) groups excluding carboxylic acids is 1. The number of hydrogen-bond donors (Lipinski definition) is 1. The van der Waals surface area contributed by atoms with Crippen molar-refractivity contribution in [1.82, 2.24) is 9.97 Å². The number of benzene rings is 2. The van der Waals surface area contributed by atoms with Crippen LogP contribution in [0.15, 0.2) is 71.9 Å². The van der Waals surface area contributed by atoms with Gasteiger partial charge in [-0.3, -0.25) is 9.78 Å². The molecule has 0 unspecified atom stereocenters. The van der Waals surface area contributed by atoms with Gasteiger partial charge in [-0.05, 0) is 42.0 Å². The Hall–Kier alpha value is -3.10. The van der Waals surface area contributed by atoms with E-state index in [1.807, 2.05) is 24.3 Å². The highest BCUT2D eigenvalue weighted by molar-refractivity contribution is 7.90. The first-order valence-electron chi connectivity index (χ1n) is 8.81. The normalized spacial score (nSPS) is 11.5. The van der Waals surface area contributed by atoms with Crippen molar-refractivity contribution in [1.29, 1.82) is 0 Å². The highest BCUT2D eigenvalue weighted by Crippen LogP contribution is 2.30. The summed E-state index contributed by atoms with van der Waals surface area (Å²) in [6.07, 6.45) is 3.47. The molecule has 0 spiro atoms. The van der Waals surface area contributed by atoms with Gasteiger partial charge in [0.2, 0.25) is 5.91 Å². The quantitative estimate of drug-likeness (QED) is 0.517. The lowest BCUT2D eigenvalue weighted by Crippen LogP contribution is -2.07. The Morgan fingerprint density at radius 2 is 1.90 bits per heavy atom. The van der Waals surface area contributed by atoms with Crippen LogP contribution in [0.3, 0.4) is 0 Å². The average molecular weight is 424 g/mol. The molecule has 1 amide bonds. The number of aromatic nitrogens is 2. The monoisotopic (exact) mass is 423 g/mol. The van der Waals surface area contributed by atoms with E-state index in [-0.39, 0.29) is 16.6 Å². The summed E-state index contributed by atoms with van der Waals surface area (Å²) in [7, 11) is -3.52. The molecule has 0 saturated carbocycles. The van der Waals surface area contributed by atoms with E-state index in [1.54, 1.807) is 30.6 Å². The molecule has 8 heteroatoms. The Balaban J connectivity index is 1.59. The number of pyridine rings is 1. The second-order valence-corrected chi connectivity index (χ2v) is 9.55. The van der Waals surface area contributed by atoms with Crippen molar-refractivity contribution in [2.45, 2.75) is 17.6 Å². The maximum atomic E-state index is 12.8. The molecular formula is C21H17N3O3S2. The first-order chi connectivity index (χ1) is 13.9. The fraction of sp³-hybridized carbons (Fsp3) is 0.0952. The molecule has 0 aliphatic carbocycles. The zero-order valence-corrected chi connectivity index (χ0v) is 17.1. The van der Waals surface area contributed by atoms with Gasteiger partial charge in [-0.2, -0.15) is 0 Å². The van der Waals surface area contributed by atoms with Crippen molar-refractivity contribution in [2.24, 2.45) is 0 Å². The molecule has 2 heterocycles. The van der Waals surface area contributed by atoms with Crippen LogP contribution in [0, 0.1) is 0 Å². The second-order valence-electron chi connectivity index (χ2n) is 6.53. The smallest absolute Gasteiger partial charge is 0.221 e. The number of sulfone groups is 1. The number of carbonyl (C=O) groups is 1. The molecule has 0 aliphatic heterocycles. The highest BCUT2D eigenvalue weighted by Gasteiger charge is 2.16. The van der Waals surface area contributed by atoms with Gasteiger partial charge < -0.3 is 5.32 Å². The molecule has 0 aliphatic rings. The van der Waals surface area contributed by atoms with Gasteiger partial charge in [0.15, 0.2) is 9.84 Å². The van der Waals surface area contributed by atoms with Crippen molar-refractivity contribution in [2.75, 3.05) is 5.32 Å². The Kier molecular flexibility index (Phi) is 5.12. The molecule has 0 saturated heterocycles. The Morgan fingerprint density at radius 1 is 1.10 bits per heavy atom. The first-order valence-corrected chi connectivity index (χ1v) is 11.3. The van der Waals surface area contributed by atoms with E-state index in [1.165, 1.54) is 30.4 Å². The molecule has 4 aromatic rings. The predicted octanol–water partition coefficient (Wildman–Crippen LogP) is 4.29. The van der Waals surface area contributed by atoms with Crippen LogP contribution in [-0.4, -0.2) is 24.3 Å². The van der Waals surface area contributed by atoms with E-state index in [0.29, 0.717) is 11.3 Å². The number of nitrogens with zero attached hydrogens (tertiary/aromatic N) is 2. The number of thiazole rings is 1. The molecule has 29 heavy (non-hydrogen) atoms. The van der Waals surface area contributed by atoms with Crippen LogP contribution < -0.4 is 5.32 Å². The predicted molar refractivity (Wildman–Crippen MR) is 114 cm³/mol. The van der Waals surface area contributed by atoms with Crippen LogP contribution in [0.2, 0.25) is 0 Å². The fourth-order valence-electron chi connectivity index (χ4n) is 2.95. The summed E-state index contributed by atoms with van der Waals surface area (Å²) in [4.78, 5) is 20.0. The van der Waals surface area contributed by atoms with E-state index < -0.39 is 9.84 Å². The SMILES string of the molecule is CC(=O)Nc1ccc(S(=O)(=O)Cc2cccc(-c3nc4ccncc4s3)c2)cc1. The zero-order chi connectivity index (χ0) is 20.4. The summed E-state index contributed by atoms with van der Waals surface area (Å²) in [5, 5.41) is 3.45. The molecule has 1 N–H and O–H groups in total. The number of fused-ring (bicyclic) bond motifs is 1. The van der Waals surface area contributed by atoms with Gasteiger partial charge in [0.1, 0.15) is 5.01 Å². The number of anilines is 1. The summed E-state index contributed by atoms with van der Waals surface area (Å²) >= 11 is 1.52. The molecule has 0 atom stereocenters. The number of hydrogen-bond acceptors (Lipinski definition) is 6. The van der Waals surface area contributed by atoms with Gasteiger partial charge in [0, 0.05) is 30.6 Å². The van der Waals surface area contributed by atoms with Gasteiger partial charge in [-0.15, -0.1) is 11.3 Å². The standard InChI is InChI=1S/C21H17N3O3S2/c1-14(25)23-17-5-7-18(8-6-17)29(26,27)13-15-3-2-4-16(11-15)21-24-19-9-10-22-12-20(19)28-21/h2-12H,13H2,1H3,(H,23,25). The lowest BCUT2D eigenvalue weighted by atomic mass is 10.1. The maximum Gasteiger partial charge on any atom is 0.221 e. The van der Waals surface area contributed by atoms with Crippen molar-refractivity contribution in [3.63, 3.8) is 0 Å². The third-order valence-electron chi connectivity index (χ3n) is 4.26. The van der Waals surface area contributed by atoms with Crippen LogP contribution in [0.5, 0.6) is 0 Å². The molecular weight excluding hydrogens is 406 g/mol. The minimum atomic E-state index is -3.52. The topological polar surface area (TPSA) is 89.0 Å². The third-order valence-corrected chi connectivity index (χ3v) is 7.01. The molecule has 146 valence electrons. The summed E-state index contributed by atoms with van der Waals surface area (Å²) in [5.74, 6) is -0.324. The average Bonchev–Trinajstić information content (AvgIpc) is 3.12. The van der Waals surface area contributed by atoms with E-state index in [4.69, 9.17) is 0 Å². The number of amides is 1. The minimum Gasteiger partial charge on any atom is -0.326 e. The zero-order valence-electron chi connectivity index (χ0n) is 15.5. The van der Waals surface area contributed by atoms with E-state index in [9.17, 15) is 13.2 Å². The summed E-state index contributed by atoms with van der Waals surface area (Å²) in [5.41, 5.74) is 2.99. The van der Waals surface area contributed by atoms with Crippen LogP contribution in [-0.2, 0) is 20.4 Å². The minimum absolute atomic E-state index is 0.118. The third kappa shape index (κ3) is 4.33. The van der Waals surface area contributed by atoms with Crippen molar-refractivity contribution in [3.05, 3.63) is 72.6 Å². The van der Waals surface area contributed by atoms with Gasteiger partial charge in [0.25, 0.3) is 0 Å². The summed E-state index contributed by atoms with van der Waals surface area (Å²) < 4.78 is 26.6. The molecule has 0 bridgehead atoms. The van der Waals surface area contributed by atoms with Crippen LogP contribution in [0.25, 0.3) is 20.8 Å². The summed E-state index contributed by atoms with van der Waals surface area (Å²) in [6.45, 7) is 1.40. The Bertz CT molecular complexity index is 1260. The van der Waals surface area contributed by atoms with Crippen LogP contribution in [0.4, 0.5) is 5.69 Å². The maximum absolute atomic E-state index is 12.8. The molecule has 2 aromatic heterocycles. The van der Waals surface area contributed by atoms with Crippen molar-refractivity contribution < 1.29 is 13.2 Å². The van der Waals surface area contributed by atoms with E-state index in [0.717, 1.165) is 20.8 Å². The molecule has 6 nitrogen and oxygen atoms in total. The van der Waals surface area contributed by atoms with Gasteiger partial charge in [-0.1, -0.05) is 18.2 Å². The highest BCUT2D eigenvalue weighted by atomic mass is 32.2. The number of nitrogens with one attached hydrogen (secondary N) is 1. The van der Waals surface area contributed by atoms with Crippen LogP contribution in [0.1, 0.15) is 12.5 Å². The fourth-order valence-corrected chi connectivity index (χ4v) is 5.21. The van der Waals surface area contributed by atoms with Crippen molar-refractivity contribution in [3.8, 4) is 10.6 Å². The lowest BCUT2D eigenvalue weighted by Gasteiger charge is -2.07. The first kappa shape index (κ1) is 19.2. The number of rotatable bonds is 5. The lowest BCUT2D eigenvalue weighted by molar-refractivity contribution is -0.114. The molecule has 0 fully saturated rings.